The first-order chi connectivity index (χ1) is 9.86. The monoisotopic (exact) mass is 296 g/mol. The number of H-pyrrole nitrogens is 1. The van der Waals surface area contributed by atoms with Gasteiger partial charge in [0.05, 0.1) is 11.1 Å². The van der Waals surface area contributed by atoms with Crippen LogP contribution in [0, 0.1) is 0 Å². The normalized spacial score (nSPS) is 11.2. The number of rotatable bonds is 3. The molecule has 0 saturated carbocycles. The molecule has 7 heteroatoms. The summed E-state index contributed by atoms with van der Waals surface area (Å²) >= 11 is 0. The molecule has 0 aliphatic carbocycles. The van der Waals surface area contributed by atoms with E-state index in [1.165, 1.54) is 30.5 Å². The molecule has 0 aliphatic heterocycles. The van der Waals surface area contributed by atoms with Gasteiger partial charge in [0, 0.05) is 18.8 Å². The summed E-state index contributed by atoms with van der Waals surface area (Å²) in [5.74, 6) is -0.425. The SMILES string of the molecule is O=C(NCc1ccc(C(F)(F)F)cc1)c1ccc(=O)[nH]c1. The molecule has 0 radical (unpaired) electrons. The number of aromatic nitrogens is 1. The van der Waals surface area contributed by atoms with Crippen LogP contribution in [0.5, 0.6) is 0 Å². The van der Waals surface area contributed by atoms with E-state index >= 15 is 0 Å². The van der Waals surface area contributed by atoms with Gasteiger partial charge in [0.2, 0.25) is 5.56 Å². The van der Waals surface area contributed by atoms with Crippen molar-refractivity contribution in [2.24, 2.45) is 0 Å². The van der Waals surface area contributed by atoms with Crippen molar-refractivity contribution in [3.63, 3.8) is 0 Å². The van der Waals surface area contributed by atoms with Crippen molar-refractivity contribution in [1.29, 1.82) is 0 Å². The number of nitrogens with one attached hydrogen (secondary N) is 2. The summed E-state index contributed by atoms with van der Waals surface area (Å²) in [7, 11) is 0. The van der Waals surface area contributed by atoms with Crippen molar-refractivity contribution in [3.8, 4) is 0 Å². The molecule has 1 amide bonds. The average Bonchev–Trinajstić information content (AvgIpc) is 2.45. The Balaban J connectivity index is 1.98. The first kappa shape index (κ1) is 14.8. The average molecular weight is 296 g/mol. The first-order valence-corrected chi connectivity index (χ1v) is 5.99. The zero-order valence-electron chi connectivity index (χ0n) is 10.7. The molecule has 2 N–H and O–H groups in total. The van der Waals surface area contributed by atoms with Crippen molar-refractivity contribution >= 4 is 5.91 Å². The van der Waals surface area contributed by atoms with Crippen LogP contribution in [-0.2, 0) is 12.7 Å². The molecule has 2 rings (SSSR count). The molecular formula is C14H11F3N2O2. The lowest BCUT2D eigenvalue weighted by molar-refractivity contribution is -0.137. The van der Waals surface area contributed by atoms with Gasteiger partial charge in [-0.1, -0.05) is 12.1 Å². The quantitative estimate of drug-likeness (QED) is 0.913. The van der Waals surface area contributed by atoms with E-state index < -0.39 is 17.6 Å². The number of pyridine rings is 1. The van der Waals surface area contributed by atoms with E-state index in [2.05, 4.69) is 10.3 Å². The second kappa shape index (κ2) is 5.82. The molecular weight excluding hydrogens is 285 g/mol. The van der Waals surface area contributed by atoms with Gasteiger partial charge in [0.15, 0.2) is 0 Å². The van der Waals surface area contributed by atoms with Crippen molar-refractivity contribution in [1.82, 2.24) is 10.3 Å². The van der Waals surface area contributed by atoms with Gasteiger partial charge in [-0.25, -0.2) is 0 Å². The number of carbonyl (C=O) groups excluding carboxylic acids is 1. The minimum Gasteiger partial charge on any atom is -0.348 e. The Labute approximate surface area is 117 Å². The van der Waals surface area contributed by atoms with Gasteiger partial charge in [0.1, 0.15) is 0 Å². The summed E-state index contributed by atoms with van der Waals surface area (Å²) < 4.78 is 37.2. The molecule has 1 heterocycles. The Morgan fingerprint density at radius 1 is 1.10 bits per heavy atom. The van der Waals surface area contributed by atoms with E-state index in [4.69, 9.17) is 0 Å². The van der Waals surface area contributed by atoms with E-state index in [0.29, 0.717) is 5.56 Å². The summed E-state index contributed by atoms with van der Waals surface area (Å²) in [4.78, 5) is 25.0. The number of alkyl halides is 3. The maximum absolute atomic E-state index is 12.4. The van der Waals surface area contributed by atoms with Crippen LogP contribution in [0.4, 0.5) is 13.2 Å². The predicted molar refractivity (Wildman–Crippen MR) is 69.7 cm³/mol. The summed E-state index contributed by atoms with van der Waals surface area (Å²) in [6.45, 7) is 0.0934. The molecule has 1 aromatic heterocycles. The largest absolute Gasteiger partial charge is 0.416 e. The number of carbonyl (C=O) groups is 1. The smallest absolute Gasteiger partial charge is 0.348 e. The third kappa shape index (κ3) is 3.95. The highest BCUT2D eigenvalue weighted by molar-refractivity contribution is 5.93. The van der Waals surface area contributed by atoms with Crippen LogP contribution in [0.1, 0.15) is 21.5 Å². The lowest BCUT2D eigenvalue weighted by Crippen LogP contribution is -2.23. The Bertz CT molecular complexity index is 670. The maximum Gasteiger partial charge on any atom is 0.416 e. The van der Waals surface area contributed by atoms with E-state index in [-0.39, 0.29) is 17.7 Å². The first-order valence-electron chi connectivity index (χ1n) is 5.99. The van der Waals surface area contributed by atoms with Gasteiger partial charge in [-0.2, -0.15) is 13.2 Å². The molecule has 1 aromatic carbocycles. The fraction of sp³-hybridized carbons (Fsp3) is 0.143. The lowest BCUT2D eigenvalue weighted by Gasteiger charge is -2.08. The molecule has 4 nitrogen and oxygen atoms in total. The number of aromatic amines is 1. The fourth-order valence-corrected chi connectivity index (χ4v) is 1.65. The molecule has 0 unspecified atom stereocenters. The predicted octanol–water partition coefficient (Wildman–Crippen LogP) is 2.32. The van der Waals surface area contributed by atoms with Gasteiger partial charge < -0.3 is 10.3 Å². The minimum atomic E-state index is -4.38. The van der Waals surface area contributed by atoms with Crippen LogP contribution in [0.25, 0.3) is 0 Å². The Hall–Kier alpha value is -2.57. The molecule has 21 heavy (non-hydrogen) atoms. The van der Waals surface area contributed by atoms with E-state index in [1.54, 1.807) is 0 Å². The number of benzene rings is 1. The number of halogens is 3. The molecule has 0 bridgehead atoms. The van der Waals surface area contributed by atoms with Crippen LogP contribution in [0.15, 0.2) is 47.4 Å². The van der Waals surface area contributed by atoms with Crippen LogP contribution in [0.3, 0.4) is 0 Å². The van der Waals surface area contributed by atoms with Gasteiger partial charge in [-0.05, 0) is 23.8 Å². The Morgan fingerprint density at radius 2 is 1.76 bits per heavy atom. The van der Waals surface area contributed by atoms with E-state index in [9.17, 15) is 22.8 Å². The van der Waals surface area contributed by atoms with Gasteiger partial charge >= 0.3 is 6.18 Å². The van der Waals surface area contributed by atoms with Crippen LogP contribution in [-0.4, -0.2) is 10.9 Å². The van der Waals surface area contributed by atoms with Gasteiger partial charge in [0.25, 0.3) is 5.91 Å². The lowest BCUT2D eigenvalue weighted by atomic mass is 10.1. The summed E-state index contributed by atoms with van der Waals surface area (Å²) in [5, 5.41) is 2.55. The zero-order chi connectivity index (χ0) is 15.5. The third-order valence-electron chi connectivity index (χ3n) is 2.78. The van der Waals surface area contributed by atoms with E-state index in [1.807, 2.05) is 0 Å². The Morgan fingerprint density at radius 3 is 2.29 bits per heavy atom. The van der Waals surface area contributed by atoms with Crippen LogP contribution >= 0.6 is 0 Å². The highest BCUT2D eigenvalue weighted by atomic mass is 19.4. The summed E-state index contributed by atoms with van der Waals surface area (Å²) in [5.41, 5.74) is -0.255. The molecule has 0 aliphatic rings. The number of hydrogen-bond donors (Lipinski definition) is 2. The van der Waals surface area contributed by atoms with Crippen molar-refractivity contribution < 1.29 is 18.0 Å². The molecule has 110 valence electrons. The van der Waals surface area contributed by atoms with E-state index in [0.717, 1.165) is 12.1 Å². The number of amides is 1. The van der Waals surface area contributed by atoms with Crippen LogP contribution in [0.2, 0.25) is 0 Å². The molecule has 0 fully saturated rings. The van der Waals surface area contributed by atoms with Gasteiger partial charge in [-0.15, -0.1) is 0 Å². The fourth-order valence-electron chi connectivity index (χ4n) is 1.65. The highest BCUT2D eigenvalue weighted by Crippen LogP contribution is 2.28. The van der Waals surface area contributed by atoms with Gasteiger partial charge in [-0.3, -0.25) is 9.59 Å². The van der Waals surface area contributed by atoms with Crippen molar-refractivity contribution in [2.45, 2.75) is 12.7 Å². The van der Waals surface area contributed by atoms with Crippen LogP contribution < -0.4 is 10.9 Å². The summed E-state index contributed by atoms with van der Waals surface area (Å²) in [6, 6.07) is 7.10. The topological polar surface area (TPSA) is 62.0 Å². The molecule has 0 spiro atoms. The minimum absolute atomic E-state index is 0.0934. The van der Waals surface area contributed by atoms with Crippen molar-refractivity contribution in [2.75, 3.05) is 0 Å². The molecule has 0 saturated heterocycles. The molecule has 0 atom stereocenters. The Kier molecular flexibility index (Phi) is 4.11. The zero-order valence-corrected chi connectivity index (χ0v) is 10.7. The molecule has 2 aromatic rings. The third-order valence-corrected chi connectivity index (χ3v) is 2.78. The standard InChI is InChI=1S/C14H11F3N2O2/c15-14(16,17)11-4-1-9(2-5-11)7-19-13(21)10-3-6-12(20)18-8-10/h1-6,8H,7H2,(H,18,20)(H,19,21). The summed E-state index contributed by atoms with van der Waals surface area (Å²) in [6.07, 6.45) is -3.11. The van der Waals surface area contributed by atoms with Crippen molar-refractivity contribution in [3.05, 3.63) is 69.6 Å². The second-order valence-electron chi connectivity index (χ2n) is 4.32. The number of hydrogen-bond acceptors (Lipinski definition) is 2. The maximum atomic E-state index is 12.4. The second-order valence-corrected chi connectivity index (χ2v) is 4.32. The highest BCUT2D eigenvalue weighted by Gasteiger charge is 2.29.